The van der Waals surface area contributed by atoms with Crippen molar-refractivity contribution in [3.63, 3.8) is 0 Å². The first kappa shape index (κ1) is 21.8. The average Bonchev–Trinajstić information content (AvgIpc) is 2.62. The number of aliphatic hydroxyl groups excluding tert-OH is 2. The molecular formula is C21H38O5. The molecule has 2 fully saturated rings. The highest BCUT2D eigenvalue weighted by molar-refractivity contribution is 5.84. The topological polar surface area (TPSA) is 76.0 Å². The predicted molar refractivity (Wildman–Crippen MR) is 101 cm³/mol. The van der Waals surface area contributed by atoms with Gasteiger partial charge in [0, 0.05) is 37.9 Å². The largest absolute Gasteiger partial charge is 0.392 e. The third-order valence-corrected chi connectivity index (χ3v) is 5.97. The highest BCUT2D eigenvalue weighted by Crippen LogP contribution is 2.35. The molecule has 2 rings (SSSR count). The van der Waals surface area contributed by atoms with Gasteiger partial charge in [-0.1, -0.05) is 26.7 Å². The molecule has 152 valence electrons. The van der Waals surface area contributed by atoms with Crippen molar-refractivity contribution in [2.45, 2.75) is 102 Å². The molecular weight excluding hydrogens is 332 g/mol. The maximum Gasteiger partial charge on any atom is 0.144 e. The van der Waals surface area contributed by atoms with Gasteiger partial charge in [0.15, 0.2) is 0 Å². The summed E-state index contributed by atoms with van der Waals surface area (Å²) in [4.78, 5) is 12.9. The van der Waals surface area contributed by atoms with Crippen LogP contribution < -0.4 is 0 Å². The minimum atomic E-state index is -0.645. The summed E-state index contributed by atoms with van der Waals surface area (Å²) in [7, 11) is 0. The normalized spacial score (nSPS) is 35.4. The molecule has 2 N–H and O–H groups in total. The Hall–Kier alpha value is -0.490. The van der Waals surface area contributed by atoms with E-state index in [1.165, 1.54) is 0 Å². The quantitative estimate of drug-likeness (QED) is 0.577. The van der Waals surface area contributed by atoms with Gasteiger partial charge in [-0.3, -0.25) is 4.79 Å². The molecule has 0 saturated heterocycles. The van der Waals surface area contributed by atoms with E-state index in [0.29, 0.717) is 25.7 Å². The van der Waals surface area contributed by atoms with Gasteiger partial charge in [0.25, 0.3) is 0 Å². The smallest absolute Gasteiger partial charge is 0.144 e. The maximum atomic E-state index is 12.9. The lowest BCUT2D eigenvalue weighted by molar-refractivity contribution is -0.142. The summed E-state index contributed by atoms with van der Waals surface area (Å²) in [6, 6.07) is 0. The number of unbranched alkanes of at least 4 members (excludes halogenated alkanes) is 2. The standard InChI is InChI=1S/C21H38O5/c1-3-5-11-25-15-7-9-17(19(22)13-15)21(24)18-10-8-16(14-20(18)23)26-12-6-4-2/h15-20,22-23H,3-14H2,1-2H3. The van der Waals surface area contributed by atoms with E-state index in [4.69, 9.17) is 9.47 Å². The molecule has 5 nitrogen and oxygen atoms in total. The van der Waals surface area contributed by atoms with Crippen molar-refractivity contribution in [1.29, 1.82) is 0 Å². The number of hydrogen-bond donors (Lipinski definition) is 2. The summed E-state index contributed by atoms with van der Waals surface area (Å²) < 4.78 is 11.6. The highest BCUT2D eigenvalue weighted by Gasteiger charge is 2.41. The van der Waals surface area contributed by atoms with Crippen LogP contribution in [-0.2, 0) is 14.3 Å². The van der Waals surface area contributed by atoms with E-state index in [1.54, 1.807) is 0 Å². The Morgan fingerprint density at radius 3 is 1.58 bits per heavy atom. The van der Waals surface area contributed by atoms with Gasteiger partial charge < -0.3 is 19.7 Å². The minimum absolute atomic E-state index is 0.0454. The third-order valence-electron chi connectivity index (χ3n) is 5.97. The molecule has 2 saturated carbocycles. The van der Waals surface area contributed by atoms with Crippen molar-refractivity contribution in [1.82, 2.24) is 0 Å². The zero-order chi connectivity index (χ0) is 18.9. The second-order valence-corrected chi connectivity index (χ2v) is 8.07. The van der Waals surface area contributed by atoms with Crippen molar-refractivity contribution < 1.29 is 24.5 Å². The fourth-order valence-electron chi connectivity index (χ4n) is 4.25. The number of carbonyl (C=O) groups is 1. The summed E-state index contributed by atoms with van der Waals surface area (Å²) >= 11 is 0. The molecule has 6 atom stereocenters. The van der Waals surface area contributed by atoms with Crippen LogP contribution in [0.5, 0.6) is 0 Å². The molecule has 0 aromatic heterocycles. The molecule has 0 bridgehead atoms. The molecule has 0 aromatic carbocycles. The van der Waals surface area contributed by atoms with Gasteiger partial charge >= 0.3 is 0 Å². The Kier molecular flexibility index (Phi) is 9.54. The number of carbonyl (C=O) groups excluding carboxylic acids is 1. The number of Topliss-reactive ketones (excluding diaryl/α,β-unsaturated/α-hetero) is 1. The molecule has 0 aliphatic heterocycles. The van der Waals surface area contributed by atoms with Gasteiger partial charge in [-0.25, -0.2) is 0 Å². The Balaban J connectivity index is 1.78. The van der Waals surface area contributed by atoms with Crippen LogP contribution in [0.1, 0.15) is 78.1 Å². The molecule has 0 aromatic rings. The van der Waals surface area contributed by atoms with Crippen LogP contribution in [-0.4, -0.2) is 53.6 Å². The van der Waals surface area contributed by atoms with Crippen LogP contribution in [0.4, 0.5) is 0 Å². The fourth-order valence-corrected chi connectivity index (χ4v) is 4.25. The second kappa shape index (κ2) is 11.4. The van der Waals surface area contributed by atoms with E-state index in [-0.39, 0.29) is 29.8 Å². The summed E-state index contributed by atoms with van der Waals surface area (Å²) in [5, 5.41) is 20.9. The summed E-state index contributed by atoms with van der Waals surface area (Å²) in [5.74, 6) is -0.652. The lowest BCUT2D eigenvalue weighted by atomic mass is 9.73. The zero-order valence-electron chi connectivity index (χ0n) is 16.6. The van der Waals surface area contributed by atoms with Gasteiger partial charge in [0.05, 0.1) is 24.4 Å². The first-order chi connectivity index (χ1) is 12.6. The van der Waals surface area contributed by atoms with E-state index in [2.05, 4.69) is 13.8 Å². The molecule has 0 spiro atoms. The number of aliphatic hydroxyl groups is 2. The number of ether oxygens (including phenoxy) is 2. The molecule has 5 heteroatoms. The van der Waals surface area contributed by atoms with Crippen molar-refractivity contribution >= 4 is 5.78 Å². The van der Waals surface area contributed by atoms with Crippen LogP contribution in [0.15, 0.2) is 0 Å². The van der Waals surface area contributed by atoms with Crippen LogP contribution in [0.3, 0.4) is 0 Å². The zero-order valence-corrected chi connectivity index (χ0v) is 16.6. The lowest BCUT2D eigenvalue weighted by Gasteiger charge is -2.37. The van der Waals surface area contributed by atoms with Crippen molar-refractivity contribution in [3.05, 3.63) is 0 Å². The summed E-state index contributed by atoms with van der Waals surface area (Å²) in [5.41, 5.74) is 0. The van der Waals surface area contributed by atoms with Gasteiger partial charge in [0.2, 0.25) is 0 Å². The van der Waals surface area contributed by atoms with E-state index < -0.39 is 12.2 Å². The van der Waals surface area contributed by atoms with Crippen molar-refractivity contribution in [3.8, 4) is 0 Å². The Morgan fingerprint density at radius 2 is 1.23 bits per heavy atom. The van der Waals surface area contributed by atoms with Gasteiger partial charge in [-0.15, -0.1) is 0 Å². The molecule has 26 heavy (non-hydrogen) atoms. The Labute approximate surface area is 158 Å². The SMILES string of the molecule is CCCCOC1CCC(C(=O)C2CCC(OCCCC)CC2O)C(O)C1. The first-order valence-electron chi connectivity index (χ1n) is 10.7. The summed E-state index contributed by atoms with van der Waals surface area (Å²) in [6.45, 7) is 5.71. The molecule has 2 aliphatic rings. The van der Waals surface area contributed by atoms with Gasteiger partial charge in [0.1, 0.15) is 5.78 Å². The molecule has 0 radical (unpaired) electrons. The van der Waals surface area contributed by atoms with E-state index in [9.17, 15) is 15.0 Å². The fraction of sp³-hybridized carbons (Fsp3) is 0.952. The first-order valence-corrected chi connectivity index (χ1v) is 10.7. The predicted octanol–water partition coefficient (Wildman–Crippen LogP) is 3.25. The molecule has 2 aliphatic carbocycles. The number of hydrogen-bond acceptors (Lipinski definition) is 5. The number of rotatable bonds is 10. The highest BCUT2D eigenvalue weighted by atomic mass is 16.5. The van der Waals surface area contributed by atoms with Crippen molar-refractivity contribution in [2.75, 3.05) is 13.2 Å². The van der Waals surface area contributed by atoms with E-state index in [1.807, 2.05) is 0 Å². The Bertz CT molecular complexity index is 377. The molecule has 0 heterocycles. The lowest BCUT2D eigenvalue weighted by Crippen LogP contribution is -2.45. The Morgan fingerprint density at radius 1 is 0.808 bits per heavy atom. The van der Waals surface area contributed by atoms with Crippen LogP contribution in [0, 0.1) is 11.8 Å². The minimum Gasteiger partial charge on any atom is -0.392 e. The maximum absolute atomic E-state index is 12.9. The van der Waals surface area contributed by atoms with Crippen molar-refractivity contribution in [2.24, 2.45) is 11.8 Å². The second-order valence-electron chi connectivity index (χ2n) is 8.07. The van der Waals surface area contributed by atoms with E-state index in [0.717, 1.165) is 51.7 Å². The monoisotopic (exact) mass is 370 g/mol. The van der Waals surface area contributed by atoms with Crippen LogP contribution in [0.25, 0.3) is 0 Å². The van der Waals surface area contributed by atoms with Gasteiger partial charge in [-0.2, -0.15) is 0 Å². The third kappa shape index (κ3) is 6.29. The summed E-state index contributed by atoms with van der Waals surface area (Å²) in [6.07, 6.45) is 7.13. The number of ketones is 1. The van der Waals surface area contributed by atoms with Gasteiger partial charge in [-0.05, 0) is 38.5 Å². The molecule has 0 amide bonds. The molecule has 6 unspecified atom stereocenters. The average molecular weight is 371 g/mol. The van der Waals surface area contributed by atoms with E-state index >= 15 is 0 Å². The van der Waals surface area contributed by atoms with Crippen LogP contribution in [0.2, 0.25) is 0 Å². The van der Waals surface area contributed by atoms with Crippen LogP contribution >= 0.6 is 0 Å².